The normalized spacial score (nSPS) is 17.1. The van der Waals surface area contributed by atoms with Crippen LogP contribution in [0.2, 0.25) is 0 Å². The summed E-state index contributed by atoms with van der Waals surface area (Å²) >= 11 is 0. The summed E-state index contributed by atoms with van der Waals surface area (Å²) in [4.78, 5) is 0. The zero-order chi connectivity index (χ0) is 40.5. The summed E-state index contributed by atoms with van der Waals surface area (Å²) < 4.78 is 0. The molecule has 3 aliphatic carbocycles. The second-order valence-corrected chi connectivity index (χ2v) is 12.6. The third kappa shape index (κ3) is 31.3. The molecule has 3 fully saturated rings. The highest BCUT2D eigenvalue weighted by atomic mass is 16.3. The number of aromatic hydroxyl groups is 4. The fourth-order valence-corrected chi connectivity index (χ4v) is 5.73. The Balaban J connectivity index is -0.000000545. The number of fused-ring (bicyclic) bond motifs is 5. The van der Waals surface area contributed by atoms with Gasteiger partial charge in [0.25, 0.3) is 0 Å². The molecule has 4 nitrogen and oxygen atoms in total. The van der Waals surface area contributed by atoms with Gasteiger partial charge in [-0.25, -0.2) is 0 Å². The van der Waals surface area contributed by atoms with E-state index in [0.717, 1.165) is 0 Å². The van der Waals surface area contributed by atoms with Crippen molar-refractivity contribution in [3.8, 4) is 23.0 Å². The maximum Gasteiger partial charge on any atom is 0.115 e. The Morgan fingerprint density at radius 3 is 0.736 bits per heavy atom. The maximum absolute atomic E-state index is 8.63. The predicted molar refractivity (Wildman–Crippen MR) is 234 cm³/mol. The van der Waals surface area contributed by atoms with E-state index < -0.39 is 0 Å². The molecule has 4 heteroatoms. The molecule has 4 unspecified atom stereocenters. The largest absolute Gasteiger partial charge is 0.508 e. The first-order chi connectivity index (χ1) is 25.8. The third-order valence-electron chi connectivity index (χ3n) is 8.37. The second kappa shape index (κ2) is 40.8. The molecule has 3 saturated carbocycles. The SMILES string of the molecule is C1CC2C3CCC(C3)C2C1.CC.CC.CCC.CCCC.CCCC.Oc1ccccc1.Oc1ccccc1.Oc1ccccc1.Oc1ccccc1. The van der Waals surface area contributed by atoms with Crippen molar-refractivity contribution >= 4 is 0 Å². The fraction of sp³-hybridized carbons (Fsp3) is 0.510. The predicted octanol–water partition coefficient (Wildman–Crippen LogP) is 15.5. The van der Waals surface area contributed by atoms with Crippen LogP contribution in [0.15, 0.2) is 121 Å². The van der Waals surface area contributed by atoms with Crippen molar-refractivity contribution in [2.45, 2.75) is 140 Å². The molecule has 0 heterocycles. The molecule has 0 radical (unpaired) electrons. The fourth-order valence-electron chi connectivity index (χ4n) is 5.73. The van der Waals surface area contributed by atoms with Crippen molar-refractivity contribution in [3.63, 3.8) is 0 Å². The summed E-state index contributed by atoms with van der Waals surface area (Å²) in [6.45, 7) is 21.0. The van der Waals surface area contributed by atoms with Gasteiger partial charge in [-0.1, -0.05) is 181 Å². The molecule has 4 aromatic rings. The second-order valence-electron chi connectivity index (χ2n) is 12.6. The maximum atomic E-state index is 8.63. The Morgan fingerprint density at radius 2 is 0.585 bits per heavy atom. The topological polar surface area (TPSA) is 80.9 Å². The molecule has 4 N–H and O–H groups in total. The van der Waals surface area contributed by atoms with Gasteiger partial charge in [0.15, 0.2) is 0 Å². The van der Waals surface area contributed by atoms with Crippen molar-refractivity contribution in [3.05, 3.63) is 121 Å². The molecule has 4 atom stereocenters. The monoisotopic (exact) mass is 733 g/mol. The number of hydrogen-bond acceptors (Lipinski definition) is 4. The first-order valence-electron chi connectivity index (χ1n) is 20.7. The van der Waals surface area contributed by atoms with E-state index in [4.69, 9.17) is 20.4 Å². The van der Waals surface area contributed by atoms with E-state index in [1.165, 1.54) is 55.8 Å². The Morgan fingerprint density at radius 1 is 0.377 bits per heavy atom. The lowest BCUT2D eigenvalue weighted by molar-refractivity contribution is 0.259. The van der Waals surface area contributed by atoms with Crippen LogP contribution in [0.4, 0.5) is 0 Å². The number of para-hydroxylation sites is 4. The Labute approximate surface area is 327 Å². The summed E-state index contributed by atoms with van der Waals surface area (Å²) in [5.74, 6) is 6.09. The van der Waals surface area contributed by atoms with Crippen LogP contribution < -0.4 is 0 Å². The molecule has 0 aliphatic heterocycles. The smallest absolute Gasteiger partial charge is 0.115 e. The van der Waals surface area contributed by atoms with Gasteiger partial charge in [0.05, 0.1) is 0 Å². The summed E-state index contributed by atoms with van der Waals surface area (Å²) in [6, 6.07) is 34.9. The Kier molecular flexibility index (Phi) is 41.2. The van der Waals surface area contributed by atoms with E-state index in [1.54, 1.807) is 136 Å². The van der Waals surface area contributed by atoms with Crippen LogP contribution in [-0.4, -0.2) is 20.4 Å². The Bertz CT molecular complexity index is 1030. The van der Waals surface area contributed by atoms with Gasteiger partial charge in [-0.05, 0) is 104 Å². The molecule has 7 rings (SSSR count). The minimum Gasteiger partial charge on any atom is -0.508 e. The van der Waals surface area contributed by atoms with Crippen molar-refractivity contribution in [2.75, 3.05) is 0 Å². The Hall–Kier alpha value is -3.92. The zero-order valence-electron chi connectivity index (χ0n) is 35.4. The van der Waals surface area contributed by atoms with Gasteiger partial charge in [0.1, 0.15) is 23.0 Å². The van der Waals surface area contributed by atoms with Crippen molar-refractivity contribution in [1.82, 2.24) is 0 Å². The third-order valence-corrected chi connectivity index (χ3v) is 8.37. The molecule has 300 valence electrons. The molecular weight excluding hydrogens is 653 g/mol. The molecule has 0 amide bonds. The van der Waals surface area contributed by atoms with Crippen LogP contribution in [0.3, 0.4) is 0 Å². The molecule has 4 aromatic carbocycles. The molecule has 0 spiro atoms. The van der Waals surface area contributed by atoms with Crippen LogP contribution in [0.1, 0.15) is 140 Å². The summed E-state index contributed by atoms with van der Waals surface area (Å²) in [7, 11) is 0. The number of phenolic OH excluding ortho intramolecular Hbond substituents is 4. The summed E-state index contributed by atoms with van der Waals surface area (Å²) in [5, 5.41) is 34.5. The average molecular weight is 733 g/mol. The number of benzene rings is 4. The molecule has 0 saturated heterocycles. The number of rotatable bonds is 2. The molecule has 3 aliphatic rings. The molecule has 2 bridgehead atoms. The highest BCUT2D eigenvalue weighted by molar-refractivity contribution is 5.20. The van der Waals surface area contributed by atoms with Crippen LogP contribution in [0, 0.1) is 23.7 Å². The van der Waals surface area contributed by atoms with E-state index in [-0.39, 0.29) is 0 Å². The van der Waals surface area contributed by atoms with Gasteiger partial charge in [-0.2, -0.15) is 0 Å². The molecule has 0 aromatic heterocycles. The average Bonchev–Trinajstić information content (AvgIpc) is 3.97. The van der Waals surface area contributed by atoms with Crippen molar-refractivity contribution < 1.29 is 20.4 Å². The number of unbranched alkanes of at least 4 members (excludes halogenated alkanes) is 2. The van der Waals surface area contributed by atoms with E-state index in [2.05, 4.69) is 41.5 Å². The van der Waals surface area contributed by atoms with Gasteiger partial charge >= 0.3 is 0 Å². The van der Waals surface area contributed by atoms with Crippen LogP contribution in [0.25, 0.3) is 0 Å². The lowest BCUT2D eigenvalue weighted by Gasteiger charge is -2.23. The zero-order valence-corrected chi connectivity index (χ0v) is 35.4. The van der Waals surface area contributed by atoms with Gasteiger partial charge in [0.2, 0.25) is 0 Å². The van der Waals surface area contributed by atoms with Gasteiger partial charge in [0, 0.05) is 0 Å². The highest BCUT2D eigenvalue weighted by Crippen LogP contribution is 2.58. The quantitative estimate of drug-likeness (QED) is 0.165. The van der Waals surface area contributed by atoms with Crippen LogP contribution >= 0.6 is 0 Å². The molecule has 53 heavy (non-hydrogen) atoms. The van der Waals surface area contributed by atoms with Crippen molar-refractivity contribution in [2.24, 2.45) is 23.7 Å². The lowest BCUT2D eigenvalue weighted by atomic mass is 9.82. The highest BCUT2D eigenvalue weighted by Gasteiger charge is 2.48. The van der Waals surface area contributed by atoms with Crippen molar-refractivity contribution in [1.29, 1.82) is 0 Å². The van der Waals surface area contributed by atoms with Crippen LogP contribution in [0.5, 0.6) is 23.0 Å². The van der Waals surface area contributed by atoms with Gasteiger partial charge in [-0.3, -0.25) is 0 Å². The van der Waals surface area contributed by atoms with Crippen LogP contribution in [-0.2, 0) is 0 Å². The standard InChI is InChI=1S/C10H16.4C6H6O.2C4H10.C3H8.2C2H6/c1-2-9-7-4-5-8(6-7)10(9)3-1;4*7-6-4-2-1-3-5-6;2*1-3-4-2;1-3-2;2*1-2/h7-10H,1-6H2;4*1-5,7H;2*3-4H2,1-2H3;3H2,1-2H3;2*1-2H3. The first kappa shape index (κ1) is 53.4. The van der Waals surface area contributed by atoms with E-state index in [1.807, 2.05) is 52.0 Å². The van der Waals surface area contributed by atoms with E-state index in [0.29, 0.717) is 23.0 Å². The van der Waals surface area contributed by atoms with E-state index >= 15 is 0 Å². The number of phenols is 4. The minimum atomic E-state index is 0.322. The van der Waals surface area contributed by atoms with E-state index in [9.17, 15) is 0 Å². The number of hydrogen-bond donors (Lipinski definition) is 4. The summed E-state index contributed by atoms with van der Waals surface area (Å²) in [5.41, 5.74) is 0. The summed E-state index contributed by atoms with van der Waals surface area (Å²) in [6.07, 6.45) is 16.1. The van der Waals surface area contributed by atoms with Gasteiger partial charge < -0.3 is 20.4 Å². The van der Waals surface area contributed by atoms with Gasteiger partial charge in [-0.15, -0.1) is 0 Å². The first-order valence-corrected chi connectivity index (χ1v) is 20.7. The molecular formula is C49H80O4. The minimum absolute atomic E-state index is 0.322. The lowest BCUT2D eigenvalue weighted by Crippen LogP contribution is -2.15.